The number of amides is 2. The molecule has 0 saturated carbocycles. The van der Waals surface area contributed by atoms with E-state index in [1.807, 2.05) is 24.7 Å². The van der Waals surface area contributed by atoms with Gasteiger partial charge in [0, 0.05) is 18.9 Å². The maximum absolute atomic E-state index is 11.6. The predicted octanol–water partition coefficient (Wildman–Crippen LogP) is -1.21. The third-order valence-electron chi connectivity index (χ3n) is 2.71. The number of ether oxygens (including phenoxy) is 1. The fourth-order valence-electron chi connectivity index (χ4n) is 1.69. The van der Waals surface area contributed by atoms with Crippen molar-refractivity contribution in [3.63, 3.8) is 0 Å². The van der Waals surface area contributed by atoms with E-state index in [1.54, 1.807) is 0 Å². The molecule has 7 N–H and O–H groups in total. The lowest BCUT2D eigenvalue weighted by atomic mass is 9.95. The van der Waals surface area contributed by atoms with E-state index >= 15 is 0 Å². The Bertz CT molecular complexity index is 299. The van der Waals surface area contributed by atoms with Crippen LogP contribution >= 0.6 is 0 Å². The van der Waals surface area contributed by atoms with E-state index in [9.17, 15) is 14.7 Å². The number of carbonyl (C=O) groups is 2. The lowest BCUT2D eigenvalue weighted by Crippen LogP contribution is -2.39. The van der Waals surface area contributed by atoms with Gasteiger partial charge in [0.25, 0.3) is 0 Å². The van der Waals surface area contributed by atoms with E-state index in [1.165, 1.54) is 0 Å². The minimum absolute atomic E-state index is 0.0914. The first kappa shape index (κ1) is 18.8. The van der Waals surface area contributed by atoms with Crippen molar-refractivity contribution < 1.29 is 19.4 Å². The highest BCUT2D eigenvalue weighted by atomic mass is 16.5. The van der Waals surface area contributed by atoms with E-state index < -0.39 is 17.9 Å². The Morgan fingerprint density at radius 3 is 2.35 bits per heavy atom. The summed E-state index contributed by atoms with van der Waals surface area (Å²) in [6.45, 7) is 4.70. The molecule has 0 radical (unpaired) electrons. The summed E-state index contributed by atoms with van der Waals surface area (Å²) in [5.74, 6) is 9.08. The van der Waals surface area contributed by atoms with Crippen LogP contribution in [0.4, 0.5) is 0 Å². The summed E-state index contributed by atoms with van der Waals surface area (Å²) in [5, 5.41) is 9.83. The van der Waals surface area contributed by atoms with Crippen LogP contribution in [0.15, 0.2) is 0 Å². The Hall–Kier alpha value is -1.22. The van der Waals surface area contributed by atoms with Gasteiger partial charge in [0.05, 0.1) is 12.7 Å². The van der Waals surface area contributed by atoms with Gasteiger partial charge in [0.2, 0.25) is 11.8 Å². The molecule has 0 aliphatic carbocycles. The molecule has 0 rings (SSSR count). The average molecular weight is 290 g/mol. The zero-order valence-electron chi connectivity index (χ0n) is 12.1. The van der Waals surface area contributed by atoms with Gasteiger partial charge in [-0.05, 0) is 18.8 Å². The number of hydrazine groups is 2. The molecular weight excluding hydrogens is 264 g/mol. The molecule has 2 atom stereocenters. The topological polar surface area (TPSA) is 140 Å². The van der Waals surface area contributed by atoms with Crippen molar-refractivity contribution in [3.05, 3.63) is 0 Å². The molecule has 0 saturated heterocycles. The summed E-state index contributed by atoms with van der Waals surface area (Å²) >= 11 is 0. The molecule has 0 unspecified atom stereocenters. The quantitative estimate of drug-likeness (QED) is 0.194. The molecule has 0 bridgehead atoms. The molecular formula is C12H26N4O4. The number of aliphatic hydroxyl groups is 1. The fourth-order valence-corrected chi connectivity index (χ4v) is 1.69. The molecule has 0 spiro atoms. The molecule has 20 heavy (non-hydrogen) atoms. The molecule has 118 valence electrons. The van der Waals surface area contributed by atoms with E-state index in [4.69, 9.17) is 16.4 Å². The Balaban J connectivity index is 4.20. The van der Waals surface area contributed by atoms with Gasteiger partial charge in [-0.25, -0.2) is 11.7 Å². The highest BCUT2D eigenvalue weighted by Gasteiger charge is 2.22. The molecule has 0 heterocycles. The summed E-state index contributed by atoms with van der Waals surface area (Å²) in [4.78, 5) is 22.7. The van der Waals surface area contributed by atoms with Gasteiger partial charge in [-0.15, -0.1) is 0 Å². The molecule has 0 aliphatic rings. The molecule has 8 nitrogen and oxygen atoms in total. The Morgan fingerprint density at radius 2 is 1.85 bits per heavy atom. The van der Waals surface area contributed by atoms with Crippen molar-refractivity contribution in [2.75, 3.05) is 13.2 Å². The number of aliphatic hydroxyl groups excluding tert-OH is 1. The SMILES string of the molecule is CC(C)COC[C@H](O)C[C@@H](CCC(=O)NN)C(=O)NN. The lowest BCUT2D eigenvalue weighted by molar-refractivity contribution is -0.127. The van der Waals surface area contributed by atoms with Gasteiger partial charge in [-0.1, -0.05) is 13.8 Å². The Labute approximate surface area is 119 Å². The standard InChI is InChI=1S/C12H26N4O4/c1-8(2)6-20-7-10(17)5-9(12(19)16-14)3-4-11(18)15-13/h8-10,17H,3-7,13-14H2,1-2H3,(H,15,18)(H,16,19)/t9-,10-/m1/s1. The summed E-state index contributed by atoms with van der Waals surface area (Å²) in [6.07, 6.45) is -0.252. The van der Waals surface area contributed by atoms with Crippen molar-refractivity contribution >= 4 is 11.8 Å². The van der Waals surface area contributed by atoms with Crippen LogP contribution in [0.1, 0.15) is 33.1 Å². The molecule has 2 amide bonds. The minimum atomic E-state index is -0.781. The van der Waals surface area contributed by atoms with E-state index in [0.29, 0.717) is 12.5 Å². The second-order valence-corrected chi connectivity index (χ2v) is 5.13. The van der Waals surface area contributed by atoms with E-state index in [-0.39, 0.29) is 31.8 Å². The molecule has 0 aromatic heterocycles. The number of nitrogens with two attached hydrogens (primary N) is 2. The van der Waals surface area contributed by atoms with Gasteiger partial charge in [-0.2, -0.15) is 0 Å². The predicted molar refractivity (Wildman–Crippen MR) is 73.7 cm³/mol. The highest BCUT2D eigenvalue weighted by molar-refractivity contribution is 5.80. The van der Waals surface area contributed by atoms with Crippen LogP contribution in [0, 0.1) is 11.8 Å². The zero-order chi connectivity index (χ0) is 15.5. The van der Waals surface area contributed by atoms with Crippen LogP contribution < -0.4 is 22.5 Å². The largest absolute Gasteiger partial charge is 0.391 e. The molecule has 0 aromatic carbocycles. The van der Waals surface area contributed by atoms with Crippen LogP contribution in [-0.4, -0.2) is 36.2 Å². The van der Waals surface area contributed by atoms with Gasteiger partial charge in [0.15, 0.2) is 0 Å². The number of nitrogens with one attached hydrogen (secondary N) is 2. The first-order valence-corrected chi connectivity index (χ1v) is 6.66. The molecule has 0 aromatic rings. The second kappa shape index (κ2) is 10.6. The van der Waals surface area contributed by atoms with Crippen LogP contribution in [0.3, 0.4) is 0 Å². The van der Waals surface area contributed by atoms with Crippen molar-refractivity contribution in [1.29, 1.82) is 0 Å². The van der Waals surface area contributed by atoms with Gasteiger partial charge >= 0.3 is 0 Å². The van der Waals surface area contributed by atoms with Crippen LogP contribution in [0.2, 0.25) is 0 Å². The maximum atomic E-state index is 11.6. The Morgan fingerprint density at radius 1 is 1.20 bits per heavy atom. The fraction of sp³-hybridized carbons (Fsp3) is 0.833. The summed E-state index contributed by atoms with van der Waals surface area (Å²) in [7, 11) is 0. The molecule has 0 aliphatic heterocycles. The van der Waals surface area contributed by atoms with E-state index in [0.717, 1.165) is 0 Å². The third kappa shape index (κ3) is 8.81. The monoisotopic (exact) mass is 290 g/mol. The summed E-state index contributed by atoms with van der Waals surface area (Å²) in [5.41, 5.74) is 4.02. The number of rotatable bonds is 10. The first-order valence-electron chi connectivity index (χ1n) is 6.66. The van der Waals surface area contributed by atoms with Crippen LogP contribution in [0.5, 0.6) is 0 Å². The van der Waals surface area contributed by atoms with Gasteiger partial charge in [-0.3, -0.25) is 20.4 Å². The van der Waals surface area contributed by atoms with E-state index in [2.05, 4.69) is 0 Å². The molecule has 8 heteroatoms. The smallest absolute Gasteiger partial charge is 0.237 e. The normalized spacial score (nSPS) is 13.9. The second-order valence-electron chi connectivity index (χ2n) is 5.13. The summed E-state index contributed by atoms with van der Waals surface area (Å²) < 4.78 is 5.31. The maximum Gasteiger partial charge on any atom is 0.237 e. The highest BCUT2D eigenvalue weighted by Crippen LogP contribution is 2.14. The number of hydrogen-bond acceptors (Lipinski definition) is 6. The van der Waals surface area contributed by atoms with Crippen molar-refractivity contribution in [2.45, 2.75) is 39.2 Å². The minimum Gasteiger partial charge on any atom is -0.391 e. The number of carbonyl (C=O) groups excluding carboxylic acids is 2. The van der Waals surface area contributed by atoms with Crippen molar-refractivity contribution in [1.82, 2.24) is 10.9 Å². The lowest BCUT2D eigenvalue weighted by Gasteiger charge is -2.19. The first-order chi connectivity index (χ1) is 9.40. The van der Waals surface area contributed by atoms with Crippen molar-refractivity contribution in [3.8, 4) is 0 Å². The molecule has 0 fully saturated rings. The summed E-state index contributed by atoms with van der Waals surface area (Å²) in [6, 6.07) is 0. The average Bonchev–Trinajstić information content (AvgIpc) is 2.41. The Kier molecular flexibility index (Phi) is 9.91. The third-order valence-corrected chi connectivity index (χ3v) is 2.71. The van der Waals surface area contributed by atoms with Gasteiger partial charge < -0.3 is 9.84 Å². The number of hydrogen-bond donors (Lipinski definition) is 5. The van der Waals surface area contributed by atoms with Gasteiger partial charge in [0.1, 0.15) is 0 Å². The van der Waals surface area contributed by atoms with Crippen LogP contribution in [-0.2, 0) is 14.3 Å². The zero-order valence-corrected chi connectivity index (χ0v) is 12.1. The van der Waals surface area contributed by atoms with Crippen molar-refractivity contribution in [2.24, 2.45) is 23.5 Å². The van der Waals surface area contributed by atoms with Crippen LogP contribution in [0.25, 0.3) is 0 Å².